The molecule has 16 heavy (non-hydrogen) atoms. The van der Waals surface area contributed by atoms with Crippen LogP contribution in [0.25, 0.3) is 6.08 Å². The Hall–Kier alpha value is -1.57. The first kappa shape index (κ1) is 12.5. The summed E-state index contributed by atoms with van der Waals surface area (Å²) in [5, 5.41) is 0. The van der Waals surface area contributed by atoms with Crippen LogP contribution in [0.2, 0.25) is 0 Å². The van der Waals surface area contributed by atoms with E-state index in [9.17, 15) is 4.79 Å². The van der Waals surface area contributed by atoms with Gasteiger partial charge in [0.15, 0.2) is 0 Å². The number of carbonyl (C=O) groups excluding carboxylic acids is 1. The minimum Gasteiger partial charge on any atom is -0.469 e. The molecule has 0 saturated carbocycles. The van der Waals surface area contributed by atoms with Gasteiger partial charge in [-0.1, -0.05) is 50.8 Å². The van der Waals surface area contributed by atoms with Crippen molar-refractivity contribution in [1.82, 2.24) is 0 Å². The van der Waals surface area contributed by atoms with E-state index >= 15 is 0 Å². The van der Waals surface area contributed by atoms with Crippen LogP contribution in [0.5, 0.6) is 0 Å². The molecule has 1 rings (SSSR count). The molecule has 0 aliphatic heterocycles. The molecule has 0 unspecified atom stereocenters. The van der Waals surface area contributed by atoms with Crippen molar-refractivity contribution in [3.63, 3.8) is 0 Å². The summed E-state index contributed by atoms with van der Waals surface area (Å²) in [6.07, 6.45) is 2.19. The fraction of sp³-hybridized carbons (Fsp3) is 0.357. The molecule has 0 spiro atoms. The van der Waals surface area contributed by atoms with Crippen LogP contribution in [-0.4, -0.2) is 13.1 Å². The molecule has 2 heteroatoms. The van der Waals surface area contributed by atoms with Crippen molar-refractivity contribution >= 4 is 12.0 Å². The second-order valence-electron chi connectivity index (χ2n) is 4.46. The van der Waals surface area contributed by atoms with Crippen molar-refractivity contribution in [2.75, 3.05) is 7.11 Å². The number of rotatable bonds is 4. The van der Waals surface area contributed by atoms with Gasteiger partial charge in [-0.3, -0.25) is 4.79 Å². The van der Waals surface area contributed by atoms with Gasteiger partial charge in [0, 0.05) is 5.41 Å². The zero-order chi connectivity index (χ0) is 12.2. The van der Waals surface area contributed by atoms with Gasteiger partial charge in [0.05, 0.1) is 13.5 Å². The van der Waals surface area contributed by atoms with Crippen molar-refractivity contribution < 1.29 is 9.53 Å². The molecule has 0 aliphatic carbocycles. The van der Waals surface area contributed by atoms with Gasteiger partial charge in [0.25, 0.3) is 0 Å². The quantitative estimate of drug-likeness (QED) is 0.725. The summed E-state index contributed by atoms with van der Waals surface area (Å²) in [6, 6.07) is 8.06. The van der Waals surface area contributed by atoms with Gasteiger partial charge < -0.3 is 4.74 Å². The highest BCUT2D eigenvalue weighted by Crippen LogP contribution is 2.27. The topological polar surface area (TPSA) is 26.3 Å². The Kier molecular flexibility index (Phi) is 3.88. The van der Waals surface area contributed by atoms with Gasteiger partial charge in [-0.25, -0.2) is 0 Å². The third-order valence-corrected chi connectivity index (χ3v) is 2.74. The van der Waals surface area contributed by atoms with Crippen LogP contribution in [0.4, 0.5) is 0 Å². The lowest BCUT2D eigenvalue weighted by atomic mass is 9.81. The second-order valence-corrected chi connectivity index (χ2v) is 4.46. The first-order valence-corrected chi connectivity index (χ1v) is 5.29. The molecule has 1 aromatic carbocycles. The summed E-state index contributed by atoms with van der Waals surface area (Å²) in [5.74, 6) is -0.183. The highest BCUT2D eigenvalue weighted by Gasteiger charge is 2.24. The van der Waals surface area contributed by atoms with Gasteiger partial charge >= 0.3 is 5.97 Å². The Labute approximate surface area is 96.9 Å². The van der Waals surface area contributed by atoms with Crippen molar-refractivity contribution in [2.45, 2.75) is 25.7 Å². The zero-order valence-corrected chi connectivity index (χ0v) is 10.1. The summed E-state index contributed by atoms with van der Waals surface area (Å²) in [6.45, 7) is 7.78. The number of esters is 1. The van der Waals surface area contributed by atoms with E-state index < -0.39 is 0 Å². The molecule has 0 atom stereocenters. The van der Waals surface area contributed by atoms with E-state index in [0.717, 1.165) is 11.1 Å². The van der Waals surface area contributed by atoms with Crippen molar-refractivity contribution in [2.24, 2.45) is 0 Å². The number of ether oxygens (including phenoxy) is 1. The third kappa shape index (κ3) is 2.96. The number of carbonyl (C=O) groups is 1. The second kappa shape index (κ2) is 4.97. The number of methoxy groups -OCH3 is 1. The van der Waals surface area contributed by atoms with Crippen LogP contribution in [0.3, 0.4) is 0 Å². The Morgan fingerprint density at radius 3 is 2.38 bits per heavy atom. The molecular weight excluding hydrogens is 200 g/mol. The highest BCUT2D eigenvalue weighted by molar-refractivity contribution is 5.71. The summed E-state index contributed by atoms with van der Waals surface area (Å²) < 4.78 is 4.70. The number of hydrogen-bond acceptors (Lipinski definition) is 2. The molecule has 0 saturated heterocycles. The maximum Gasteiger partial charge on any atom is 0.306 e. The fourth-order valence-electron chi connectivity index (χ4n) is 1.61. The van der Waals surface area contributed by atoms with E-state index in [-0.39, 0.29) is 11.4 Å². The van der Waals surface area contributed by atoms with E-state index in [1.54, 1.807) is 6.08 Å². The van der Waals surface area contributed by atoms with E-state index in [2.05, 4.69) is 6.58 Å². The lowest BCUT2D eigenvalue weighted by Crippen LogP contribution is -2.22. The normalized spacial score (nSPS) is 10.9. The molecule has 0 aromatic heterocycles. The average molecular weight is 218 g/mol. The number of hydrogen-bond donors (Lipinski definition) is 0. The molecule has 0 fully saturated rings. The summed E-state index contributed by atoms with van der Waals surface area (Å²) in [4.78, 5) is 11.3. The Morgan fingerprint density at radius 2 is 1.94 bits per heavy atom. The maximum absolute atomic E-state index is 11.3. The molecule has 2 nitrogen and oxygen atoms in total. The molecule has 86 valence electrons. The van der Waals surface area contributed by atoms with Gasteiger partial charge in [0.2, 0.25) is 0 Å². The van der Waals surface area contributed by atoms with E-state index in [1.165, 1.54) is 7.11 Å². The Balaban J connectivity index is 2.88. The van der Waals surface area contributed by atoms with Gasteiger partial charge in [0.1, 0.15) is 0 Å². The minimum absolute atomic E-state index is 0.183. The first-order valence-electron chi connectivity index (χ1n) is 5.29. The smallest absolute Gasteiger partial charge is 0.306 e. The Morgan fingerprint density at radius 1 is 1.38 bits per heavy atom. The van der Waals surface area contributed by atoms with Crippen molar-refractivity contribution in [3.05, 3.63) is 42.0 Å². The lowest BCUT2D eigenvalue weighted by molar-refractivity contribution is -0.141. The molecule has 0 radical (unpaired) electrons. The van der Waals surface area contributed by atoms with Crippen LogP contribution in [0.15, 0.2) is 30.8 Å². The Bertz CT molecular complexity index is 374. The zero-order valence-electron chi connectivity index (χ0n) is 10.1. The molecule has 0 bridgehead atoms. The third-order valence-electron chi connectivity index (χ3n) is 2.74. The van der Waals surface area contributed by atoms with Gasteiger partial charge in [-0.05, 0) is 11.1 Å². The molecule has 0 aliphatic rings. The SMILES string of the molecule is C=Cc1ccc(C(C)(C)CC(=O)OC)cc1. The predicted octanol–water partition coefficient (Wildman–Crippen LogP) is 3.17. The summed E-state index contributed by atoms with van der Waals surface area (Å²) in [5.41, 5.74) is 2.01. The fourth-order valence-corrected chi connectivity index (χ4v) is 1.61. The summed E-state index contributed by atoms with van der Waals surface area (Å²) >= 11 is 0. The average Bonchev–Trinajstić information content (AvgIpc) is 2.28. The van der Waals surface area contributed by atoms with Crippen LogP contribution in [0.1, 0.15) is 31.4 Å². The molecular formula is C14H18O2. The van der Waals surface area contributed by atoms with Crippen LogP contribution >= 0.6 is 0 Å². The largest absolute Gasteiger partial charge is 0.469 e. The first-order chi connectivity index (χ1) is 7.49. The van der Waals surface area contributed by atoms with Gasteiger partial charge in [-0.2, -0.15) is 0 Å². The van der Waals surface area contributed by atoms with E-state index in [4.69, 9.17) is 4.74 Å². The maximum atomic E-state index is 11.3. The predicted molar refractivity (Wildman–Crippen MR) is 66.2 cm³/mol. The van der Waals surface area contributed by atoms with E-state index in [0.29, 0.717) is 6.42 Å². The monoisotopic (exact) mass is 218 g/mol. The van der Waals surface area contributed by atoms with Crippen LogP contribution < -0.4 is 0 Å². The van der Waals surface area contributed by atoms with Crippen molar-refractivity contribution in [3.8, 4) is 0 Å². The van der Waals surface area contributed by atoms with Crippen LogP contribution in [-0.2, 0) is 14.9 Å². The minimum atomic E-state index is -0.202. The number of benzene rings is 1. The standard InChI is InChI=1S/C14H18O2/c1-5-11-6-8-12(9-7-11)14(2,3)10-13(15)16-4/h5-9H,1,10H2,2-4H3. The molecule has 0 N–H and O–H groups in total. The molecule has 1 aromatic rings. The lowest BCUT2D eigenvalue weighted by Gasteiger charge is -2.23. The highest BCUT2D eigenvalue weighted by atomic mass is 16.5. The van der Waals surface area contributed by atoms with Gasteiger partial charge in [-0.15, -0.1) is 0 Å². The van der Waals surface area contributed by atoms with Crippen molar-refractivity contribution in [1.29, 1.82) is 0 Å². The summed E-state index contributed by atoms with van der Waals surface area (Å²) in [7, 11) is 1.42. The molecule has 0 amide bonds. The van der Waals surface area contributed by atoms with Crippen LogP contribution in [0, 0.1) is 0 Å². The molecule has 0 heterocycles. The van der Waals surface area contributed by atoms with E-state index in [1.807, 2.05) is 38.1 Å².